The highest BCUT2D eigenvalue weighted by Crippen LogP contribution is 2.18. The van der Waals surface area contributed by atoms with Crippen LogP contribution in [0.25, 0.3) is 0 Å². The van der Waals surface area contributed by atoms with Crippen molar-refractivity contribution >= 4 is 17.3 Å². The van der Waals surface area contributed by atoms with Crippen molar-refractivity contribution in [3.8, 4) is 5.75 Å². The van der Waals surface area contributed by atoms with E-state index in [0.29, 0.717) is 11.6 Å². The lowest BCUT2D eigenvalue weighted by Crippen LogP contribution is -1.97. The molecule has 0 unspecified atom stereocenters. The maximum atomic E-state index is 5.84. The summed E-state index contributed by atoms with van der Waals surface area (Å²) in [5.41, 5.74) is 8.77. The van der Waals surface area contributed by atoms with Gasteiger partial charge in [-0.25, -0.2) is 0 Å². The maximum absolute atomic E-state index is 5.84. The summed E-state index contributed by atoms with van der Waals surface area (Å²) in [4.78, 5) is 0. The minimum absolute atomic E-state index is 0.506. The number of halogens is 1. The van der Waals surface area contributed by atoms with E-state index >= 15 is 0 Å². The average molecular weight is 248 g/mol. The van der Waals surface area contributed by atoms with Gasteiger partial charge in [0.25, 0.3) is 0 Å². The third-order valence-electron chi connectivity index (χ3n) is 2.56. The van der Waals surface area contributed by atoms with E-state index in [0.717, 1.165) is 22.6 Å². The third-order valence-corrected chi connectivity index (χ3v) is 2.81. The second-order valence-electron chi connectivity index (χ2n) is 3.93. The Bertz CT molecular complexity index is 508. The minimum atomic E-state index is 0.506. The first-order valence-corrected chi connectivity index (χ1v) is 5.76. The molecule has 0 radical (unpaired) electrons. The normalized spacial score (nSPS) is 10.2. The van der Waals surface area contributed by atoms with Crippen LogP contribution in [-0.4, -0.2) is 0 Å². The summed E-state index contributed by atoms with van der Waals surface area (Å²) in [6, 6.07) is 13.3. The topological polar surface area (TPSA) is 35.2 Å². The van der Waals surface area contributed by atoms with Gasteiger partial charge in [0.2, 0.25) is 0 Å². The van der Waals surface area contributed by atoms with Gasteiger partial charge in [0, 0.05) is 10.7 Å². The molecule has 0 aliphatic heterocycles. The van der Waals surface area contributed by atoms with Crippen molar-refractivity contribution in [2.24, 2.45) is 0 Å². The van der Waals surface area contributed by atoms with Gasteiger partial charge in [-0.05, 0) is 48.4 Å². The summed E-state index contributed by atoms with van der Waals surface area (Å²) in [6.45, 7) is 2.49. The smallest absolute Gasteiger partial charge is 0.119 e. The predicted molar refractivity (Wildman–Crippen MR) is 71.4 cm³/mol. The van der Waals surface area contributed by atoms with E-state index in [2.05, 4.69) is 0 Å². The Hall–Kier alpha value is -1.67. The Labute approximate surface area is 106 Å². The second-order valence-corrected chi connectivity index (χ2v) is 4.37. The van der Waals surface area contributed by atoms with Crippen molar-refractivity contribution in [2.75, 3.05) is 5.73 Å². The monoisotopic (exact) mass is 247 g/mol. The number of nitrogens with two attached hydrogens (primary N) is 1. The fraction of sp³-hybridized carbons (Fsp3) is 0.143. The van der Waals surface area contributed by atoms with E-state index in [-0.39, 0.29) is 0 Å². The van der Waals surface area contributed by atoms with Crippen LogP contribution >= 0.6 is 11.6 Å². The lowest BCUT2D eigenvalue weighted by Gasteiger charge is -2.08. The summed E-state index contributed by atoms with van der Waals surface area (Å²) in [6.07, 6.45) is 0. The van der Waals surface area contributed by atoms with Gasteiger partial charge in [-0.2, -0.15) is 0 Å². The lowest BCUT2D eigenvalue weighted by atomic mass is 10.1. The van der Waals surface area contributed by atoms with Crippen molar-refractivity contribution in [3.05, 3.63) is 58.6 Å². The van der Waals surface area contributed by atoms with E-state index in [1.165, 1.54) is 0 Å². The van der Waals surface area contributed by atoms with Gasteiger partial charge in [0.1, 0.15) is 12.4 Å². The summed E-state index contributed by atoms with van der Waals surface area (Å²) in [7, 11) is 0. The number of hydrogen-bond acceptors (Lipinski definition) is 2. The van der Waals surface area contributed by atoms with Gasteiger partial charge in [-0.1, -0.05) is 23.7 Å². The van der Waals surface area contributed by atoms with E-state index in [4.69, 9.17) is 22.1 Å². The number of rotatable bonds is 3. The van der Waals surface area contributed by atoms with E-state index in [9.17, 15) is 0 Å². The first-order valence-electron chi connectivity index (χ1n) is 5.38. The molecule has 2 nitrogen and oxygen atoms in total. The first kappa shape index (κ1) is 11.8. The molecule has 0 amide bonds. The summed E-state index contributed by atoms with van der Waals surface area (Å²) in [5, 5.41) is 0.705. The molecule has 0 heterocycles. The number of nitrogen functional groups attached to an aromatic ring is 1. The van der Waals surface area contributed by atoms with Gasteiger partial charge in [0.15, 0.2) is 0 Å². The van der Waals surface area contributed by atoms with E-state index in [1.807, 2.05) is 37.3 Å². The average Bonchev–Trinajstić information content (AvgIpc) is 2.33. The van der Waals surface area contributed by atoms with Crippen molar-refractivity contribution in [1.82, 2.24) is 0 Å². The molecule has 0 aromatic heterocycles. The molecular weight excluding hydrogens is 234 g/mol. The van der Waals surface area contributed by atoms with Gasteiger partial charge in [0.05, 0.1) is 0 Å². The molecule has 3 heteroatoms. The van der Waals surface area contributed by atoms with Crippen molar-refractivity contribution in [1.29, 1.82) is 0 Å². The Morgan fingerprint density at radius 2 is 1.82 bits per heavy atom. The van der Waals surface area contributed by atoms with Crippen LogP contribution in [0.3, 0.4) is 0 Å². The lowest BCUT2D eigenvalue weighted by molar-refractivity contribution is 0.306. The zero-order valence-corrected chi connectivity index (χ0v) is 10.4. The number of benzene rings is 2. The molecule has 0 spiro atoms. The standard InChI is InChI=1S/C14H14ClNO/c1-10-2-3-11(8-14(10)16)9-17-13-6-4-12(15)5-7-13/h2-8H,9,16H2,1H3. The molecule has 2 N–H and O–H groups in total. The predicted octanol–water partition coefficient (Wildman–Crippen LogP) is 3.81. The SMILES string of the molecule is Cc1ccc(COc2ccc(Cl)cc2)cc1N. The van der Waals surface area contributed by atoms with Crippen LogP contribution < -0.4 is 10.5 Å². The molecule has 0 bridgehead atoms. The summed E-state index contributed by atoms with van der Waals surface area (Å²) < 4.78 is 5.63. The minimum Gasteiger partial charge on any atom is -0.489 e. The van der Waals surface area contributed by atoms with E-state index < -0.39 is 0 Å². The Morgan fingerprint density at radius 3 is 2.47 bits per heavy atom. The Morgan fingerprint density at radius 1 is 1.12 bits per heavy atom. The van der Waals surface area contributed by atoms with Crippen molar-refractivity contribution < 1.29 is 4.74 Å². The molecule has 0 fully saturated rings. The quantitative estimate of drug-likeness (QED) is 0.837. The zero-order chi connectivity index (χ0) is 12.3. The fourth-order valence-electron chi connectivity index (χ4n) is 1.48. The van der Waals surface area contributed by atoms with Gasteiger partial charge < -0.3 is 10.5 Å². The molecular formula is C14H14ClNO. The molecule has 0 aliphatic rings. The molecule has 17 heavy (non-hydrogen) atoms. The van der Waals surface area contributed by atoms with Crippen LogP contribution in [0.4, 0.5) is 5.69 Å². The highest BCUT2D eigenvalue weighted by molar-refractivity contribution is 6.30. The van der Waals surface area contributed by atoms with Gasteiger partial charge >= 0.3 is 0 Å². The summed E-state index contributed by atoms with van der Waals surface area (Å²) >= 11 is 5.79. The molecule has 2 aromatic carbocycles. The van der Waals surface area contributed by atoms with E-state index in [1.54, 1.807) is 12.1 Å². The van der Waals surface area contributed by atoms with Crippen LogP contribution in [0.1, 0.15) is 11.1 Å². The van der Waals surface area contributed by atoms with Crippen molar-refractivity contribution in [2.45, 2.75) is 13.5 Å². The number of aryl methyl sites for hydroxylation is 1. The van der Waals surface area contributed by atoms with Crippen LogP contribution in [0, 0.1) is 6.92 Å². The van der Waals surface area contributed by atoms with Crippen LogP contribution in [0.2, 0.25) is 5.02 Å². The number of hydrogen-bond donors (Lipinski definition) is 1. The highest BCUT2D eigenvalue weighted by atomic mass is 35.5. The molecule has 88 valence electrons. The molecule has 2 rings (SSSR count). The number of anilines is 1. The third kappa shape index (κ3) is 3.14. The molecule has 2 aromatic rings. The van der Waals surface area contributed by atoms with Crippen LogP contribution in [0.5, 0.6) is 5.75 Å². The molecule has 0 saturated carbocycles. The Balaban J connectivity index is 2.02. The van der Waals surface area contributed by atoms with Crippen molar-refractivity contribution in [3.63, 3.8) is 0 Å². The largest absolute Gasteiger partial charge is 0.489 e. The maximum Gasteiger partial charge on any atom is 0.119 e. The van der Waals surface area contributed by atoms with Crippen LogP contribution in [-0.2, 0) is 6.61 Å². The second kappa shape index (κ2) is 5.11. The highest BCUT2D eigenvalue weighted by Gasteiger charge is 1.99. The Kier molecular flexibility index (Phi) is 3.55. The summed E-state index contributed by atoms with van der Waals surface area (Å²) in [5.74, 6) is 0.800. The zero-order valence-electron chi connectivity index (χ0n) is 9.61. The van der Waals surface area contributed by atoms with Gasteiger partial charge in [-0.3, -0.25) is 0 Å². The molecule has 0 saturated heterocycles. The molecule has 0 atom stereocenters. The molecule has 0 aliphatic carbocycles. The number of ether oxygens (including phenoxy) is 1. The van der Waals surface area contributed by atoms with Crippen LogP contribution in [0.15, 0.2) is 42.5 Å². The fourth-order valence-corrected chi connectivity index (χ4v) is 1.60. The van der Waals surface area contributed by atoms with Gasteiger partial charge in [-0.15, -0.1) is 0 Å². The first-order chi connectivity index (χ1) is 8.15.